The average Bonchev–Trinajstić information content (AvgIpc) is 2.85. The number of oxazole rings is 1. The molecule has 2 heterocycles. The summed E-state index contributed by atoms with van der Waals surface area (Å²) in [5.74, 6) is 1.01. The fraction of sp³-hybridized carbons (Fsp3) is 0.300. The Morgan fingerprint density at radius 3 is 2.53 bits per heavy atom. The number of nitrogen functional groups attached to an aromatic ring is 1. The van der Waals surface area contributed by atoms with Gasteiger partial charge in [0.25, 0.3) is 0 Å². The van der Waals surface area contributed by atoms with Gasteiger partial charge in [-0.3, -0.25) is 0 Å². The standard InChI is InChI=1S/C10H13N5O3S/c1-2-7-3-12-9(18-7)6-15-19(16,17)8-4-13-10(11)14-5-8/h3-5,15H,2,6H2,1H3,(H2,11,13,14). The minimum atomic E-state index is -3.70. The second-order valence-corrected chi connectivity index (χ2v) is 5.44. The van der Waals surface area contributed by atoms with Gasteiger partial charge in [-0.25, -0.2) is 28.1 Å². The van der Waals surface area contributed by atoms with Crippen molar-refractivity contribution in [2.24, 2.45) is 0 Å². The SMILES string of the molecule is CCc1cnc(CNS(=O)(=O)c2cnc(N)nc2)o1. The highest BCUT2D eigenvalue weighted by molar-refractivity contribution is 7.89. The fourth-order valence-electron chi connectivity index (χ4n) is 1.30. The molecule has 102 valence electrons. The Morgan fingerprint density at radius 1 is 1.26 bits per heavy atom. The second-order valence-electron chi connectivity index (χ2n) is 3.68. The van der Waals surface area contributed by atoms with E-state index in [0.717, 1.165) is 12.4 Å². The van der Waals surface area contributed by atoms with Crippen molar-refractivity contribution < 1.29 is 12.8 Å². The molecule has 0 aromatic carbocycles. The van der Waals surface area contributed by atoms with E-state index in [9.17, 15) is 8.42 Å². The molecular weight excluding hydrogens is 270 g/mol. The van der Waals surface area contributed by atoms with Crippen molar-refractivity contribution >= 4 is 16.0 Å². The van der Waals surface area contributed by atoms with Crippen molar-refractivity contribution in [3.05, 3.63) is 30.2 Å². The van der Waals surface area contributed by atoms with Gasteiger partial charge >= 0.3 is 0 Å². The highest BCUT2D eigenvalue weighted by atomic mass is 32.2. The van der Waals surface area contributed by atoms with Crippen LogP contribution in [0.1, 0.15) is 18.6 Å². The zero-order valence-electron chi connectivity index (χ0n) is 10.2. The number of nitrogens with zero attached hydrogens (tertiary/aromatic N) is 3. The van der Waals surface area contributed by atoms with Gasteiger partial charge in [0.1, 0.15) is 10.7 Å². The van der Waals surface area contributed by atoms with Crippen LogP contribution in [0.4, 0.5) is 5.95 Å². The molecule has 19 heavy (non-hydrogen) atoms. The quantitative estimate of drug-likeness (QED) is 0.796. The topological polar surface area (TPSA) is 124 Å². The molecule has 0 saturated carbocycles. The van der Waals surface area contributed by atoms with Crippen molar-refractivity contribution in [2.45, 2.75) is 24.8 Å². The van der Waals surface area contributed by atoms with Crippen molar-refractivity contribution in [2.75, 3.05) is 5.73 Å². The summed E-state index contributed by atoms with van der Waals surface area (Å²) in [6.07, 6.45) is 4.54. The van der Waals surface area contributed by atoms with Gasteiger partial charge in [0.15, 0.2) is 0 Å². The molecule has 0 spiro atoms. The molecule has 0 radical (unpaired) electrons. The number of anilines is 1. The van der Waals surface area contributed by atoms with Crippen LogP contribution in [0.25, 0.3) is 0 Å². The van der Waals surface area contributed by atoms with E-state index in [4.69, 9.17) is 10.2 Å². The maximum atomic E-state index is 11.9. The molecule has 3 N–H and O–H groups in total. The molecule has 8 nitrogen and oxygen atoms in total. The highest BCUT2D eigenvalue weighted by Gasteiger charge is 2.16. The smallest absolute Gasteiger partial charge is 0.244 e. The van der Waals surface area contributed by atoms with Crippen molar-refractivity contribution in [3.8, 4) is 0 Å². The number of sulfonamides is 1. The third kappa shape index (κ3) is 3.26. The van der Waals surface area contributed by atoms with E-state index < -0.39 is 10.0 Å². The number of nitrogens with one attached hydrogen (secondary N) is 1. The van der Waals surface area contributed by atoms with Crippen molar-refractivity contribution in [3.63, 3.8) is 0 Å². The van der Waals surface area contributed by atoms with Crippen LogP contribution < -0.4 is 10.5 Å². The molecule has 2 aromatic heterocycles. The lowest BCUT2D eigenvalue weighted by molar-refractivity contribution is 0.452. The first-order chi connectivity index (χ1) is 9.01. The van der Waals surface area contributed by atoms with E-state index in [1.54, 1.807) is 6.20 Å². The average molecular weight is 283 g/mol. The lowest BCUT2D eigenvalue weighted by Crippen LogP contribution is -2.23. The molecule has 0 unspecified atom stereocenters. The molecule has 2 aromatic rings. The van der Waals surface area contributed by atoms with E-state index in [-0.39, 0.29) is 17.4 Å². The van der Waals surface area contributed by atoms with Crippen LogP contribution in [0.15, 0.2) is 27.9 Å². The minimum absolute atomic E-state index is 0.0132. The van der Waals surface area contributed by atoms with Crippen LogP contribution in [0.5, 0.6) is 0 Å². The van der Waals surface area contributed by atoms with Gasteiger partial charge < -0.3 is 10.2 Å². The van der Waals surface area contributed by atoms with Crippen LogP contribution in [0.3, 0.4) is 0 Å². The van der Waals surface area contributed by atoms with Crippen molar-refractivity contribution in [1.82, 2.24) is 19.7 Å². The summed E-state index contributed by atoms with van der Waals surface area (Å²) < 4.78 is 31.4. The summed E-state index contributed by atoms with van der Waals surface area (Å²) in [5, 5.41) is 0. The lowest BCUT2D eigenvalue weighted by atomic mass is 10.4. The van der Waals surface area contributed by atoms with E-state index in [0.29, 0.717) is 18.1 Å². The Labute approximate surface area is 110 Å². The van der Waals surface area contributed by atoms with E-state index in [1.165, 1.54) is 0 Å². The molecule has 2 rings (SSSR count). The van der Waals surface area contributed by atoms with Gasteiger partial charge in [-0.15, -0.1) is 0 Å². The first-order valence-corrected chi connectivity index (χ1v) is 7.00. The first-order valence-electron chi connectivity index (χ1n) is 5.52. The molecule has 9 heteroatoms. The molecule has 0 fully saturated rings. The lowest BCUT2D eigenvalue weighted by Gasteiger charge is -2.03. The Morgan fingerprint density at radius 2 is 1.95 bits per heavy atom. The number of rotatable bonds is 5. The molecule has 0 saturated heterocycles. The maximum Gasteiger partial charge on any atom is 0.244 e. The third-order valence-electron chi connectivity index (χ3n) is 2.32. The third-order valence-corrected chi connectivity index (χ3v) is 3.68. The molecule has 0 aliphatic carbocycles. The van der Waals surface area contributed by atoms with Gasteiger partial charge in [0.2, 0.25) is 21.9 Å². The number of nitrogens with two attached hydrogens (primary N) is 1. The fourth-order valence-corrected chi connectivity index (χ4v) is 2.16. The molecule has 0 atom stereocenters. The number of hydrogen-bond donors (Lipinski definition) is 2. The Bertz CT molecular complexity index is 650. The van der Waals surface area contributed by atoms with Crippen molar-refractivity contribution in [1.29, 1.82) is 0 Å². The van der Waals surface area contributed by atoms with Gasteiger partial charge in [-0.05, 0) is 0 Å². The van der Waals surface area contributed by atoms with Crippen LogP contribution in [0.2, 0.25) is 0 Å². The van der Waals surface area contributed by atoms with Crippen LogP contribution in [-0.4, -0.2) is 23.4 Å². The molecule has 0 aliphatic heterocycles. The second kappa shape index (κ2) is 5.33. The summed E-state index contributed by atoms with van der Waals surface area (Å²) >= 11 is 0. The van der Waals surface area contributed by atoms with Crippen LogP contribution in [-0.2, 0) is 23.0 Å². The zero-order chi connectivity index (χ0) is 13.9. The molecule has 0 aliphatic rings. The van der Waals surface area contributed by atoms with Crippen LogP contribution >= 0.6 is 0 Å². The monoisotopic (exact) mass is 283 g/mol. The van der Waals surface area contributed by atoms with Gasteiger partial charge in [-0.2, -0.15) is 0 Å². The van der Waals surface area contributed by atoms with E-state index in [2.05, 4.69) is 19.7 Å². The number of aryl methyl sites for hydroxylation is 1. The maximum absolute atomic E-state index is 11.9. The largest absolute Gasteiger partial charge is 0.444 e. The molecule has 0 amide bonds. The summed E-state index contributed by atoms with van der Waals surface area (Å²) in [7, 11) is -3.70. The summed E-state index contributed by atoms with van der Waals surface area (Å²) in [4.78, 5) is 11.1. The highest BCUT2D eigenvalue weighted by Crippen LogP contribution is 2.08. The number of hydrogen-bond acceptors (Lipinski definition) is 7. The van der Waals surface area contributed by atoms with Gasteiger partial charge in [0, 0.05) is 6.42 Å². The summed E-state index contributed by atoms with van der Waals surface area (Å²) in [5.41, 5.74) is 5.29. The molecule has 0 bridgehead atoms. The minimum Gasteiger partial charge on any atom is -0.444 e. The first kappa shape index (κ1) is 13.4. The Balaban J connectivity index is 2.07. The van der Waals surface area contributed by atoms with E-state index in [1.807, 2.05) is 6.92 Å². The summed E-state index contributed by atoms with van der Waals surface area (Å²) in [6, 6.07) is 0. The zero-order valence-corrected chi connectivity index (χ0v) is 11.0. The molecular formula is C10H13N5O3S. The Kier molecular flexibility index (Phi) is 3.76. The van der Waals surface area contributed by atoms with Crippen LogP contribution in [0, 0.1) is 0 Å². The number of aromatic nitrogens is 3. The Hall–Kier alpha value is -2.00. The van der Waals surface area contributed by atoms with Gasteiger partial charge in [-0.1, -0.05) is 6.92 Å². The van der Waals surface area contributed by atoms with Gasteiger partial charge in [0.05, 0.1) is 25.1 Å². The van der Waals surface area contributed by atoms with E-state index >= 15 is 0 Å². The predicted octanol–water partition coefficient (Wildman–Crippen LogP) is 0.0877. The predicted molar refractivity (Wildman–Crippen MR) is 66.4 cm³/mol. The normalized spacial score (nSPS) is 11.6. The summed E-state index contributed by atoms with van der Waals surface area (Å²) in [6.45, 7) is 1.88.